The Balaban J connectivity index is 3.17. The minimum absolute atomic E-state index is 0.0939. The molecule has 0 heterocycles. The average Bonchev–Trinajstić information content (AvgIpc) is 2.27. The van der Waals surface area contributed by atoms with E-state index in [9.17, 15) is 18.0 Å². The summed E-state index contributed by atoms with van der Waals surface area (Å²) in [7, 11) is 0. The smallest absolute Gasteiger partial charge is 0.346 e. The van der Waals surface area contributed by atoms with Crippen LogP contribution in [0, 0.1) is 0 Å². The predicted octanol–water partition coefficient (Wildman–Crippen LogP) is 4.22. The molecule has 0 fully saturated rings. The van der Waals surface area contributed by atoms with Gasteiger partial charge >= 0.3 is 6.18 Å². The van der Waals surface area contributed by atoms with Crippen LogP contribution in [0.2, 0.25) is 0 Å². The van der Waals surface area contributed by atoms with E-state index in [1.54, 1.807) is 13.8 Å². The Labute approximate surface area is 122 Å². The van der Waals surface area contributed by atoms with Crippen molar-refractivity contribution in [3.8, 4) is 0 Å². The number of halogens is 5. The molecule has 7 heteroatoms. The van der Waals surface area contributed by atoms with Crippen molar-refractivity contribution in [3.05, 3.63) is 33.8 Å². The molecule has 0 aliphatic rings. The van der Waals surface area contributed by atoms with Gasteiger partial charge in [-0.3, -0.25) is 4.79 Å². The number of benzene rings is 1. The van der Waals surface area contributed by atoms with Crippen molar-refractivity contribution in [2.45, 2.75) is 25.6 Å². The SMILES string of the molecule is CC(C)(CCl)NC(=O)c1ccc(Br)cc1C(F)(F)F. The van der Waals surface area contributed by atoms with Crippen LogP contribution >= 0.6 is 27.5 Å². The minimum Gasteiger partial charge on any atom is -0.346 e. The van der Waals surface area contributed by atoms with E-state index in [-0.39, 0.29) is 10.4 Å². The van der Waals surface area contributed by atoms with Gasteiger partial charge in [0.1, 0.15) is 0 Å². The zero-order valence-corrected chi connectivity index (χ0v) is 12.6. The summed E-state index contributed by atoms with van der Waals surface area (Å²) in [5.74, 6) is -0.707. The highest BCUT2D eigenvalue weighted by Gasteiger charge is 2.36. The lowest BCUT2D eigenvalue weighted by molar-refractivity contribution is -0.138. The summed E-state index contributed by atoms with van der Waals surface area (Å²) in [6, 6.07) is 3.40. The number of alkyl halides is 4. The standard InChI is InChI=1S/C12H12BrClF3NO/c1-11(2,6-14)18-10(19)8-4-3-7(13)5-9(8)12(15,16)17/h3-5H,6H2,1-2H3,(H,18,19). The van der Waals surface area contributed by atoms with Crippen LogP contribution in [0.15, 0.2) is 22.7 Å². The lowest BCUT2D eigenvalue weighted by atomic mass is 10.0. The number of carbonyl (C=O) groups excluding carboxylic acids is 1. The number of rotatable bonds is 3. The molecule has 1 aromatic rings. The van der Waals surface area contributed by atoms with Crippen LogP contribution in [0.1, 0.15) is 29.8 Å². The molecule has 1 amide bonds. The zero-order chi connectivity index (χ0) is 14.8. The highest BCUT2D eigenvalue weighted by molar-refractivity contribution is 9.10. The summed E-state index contributed by atoms with van der Waals surface area (Å²) in [5, 5.41) is 2.47. The monoisotopic (exact) mass is 357 g/mol. The number of nitrogens with one attached hydrogen (secondary N) is 1. The van der Waals surface area contributed by atoms with E-state index in [2.05, 4.69) is 21.2 Å². The lowest BCUT2D eigenvalue weighted by Gasteiger charge is -2.24. The first kappa shape index (κ1) is 16.3. The molecule has 0 aromatic heterocycles. The molecule has 19 heavy (non-hydrogen) atoms. The van der Waals surface area contributed by atoms with Crippen LogP contribution in [0.25, 0.3) is 0 Å². The first-order valence-electron chi connectivity index (χ1n) is 5.32. The fraction of sp³-hybridized carbons (Fsp3) is 0.417. The number of hydrogen-bond donors (Lipinski definition) is 1. The van der Waals surface area contributed by atoms with E-state index < -0.39 is 28.7 Å². The van der Waals surface area contributed by atoms with Gasteiger partial charge in [0, 0.05) is 15.9 Å². The van der Waals surface area contributed by atoms with Gasteiger partial charge in [-0.2, -0.15) is 13.2 Å². The van der Waals surface area contributed by atoms with E-state index in [0.717, 1.165) is 12.1 Å². The van der Waals surface area contributed by atoms with Gasteiger partial charge in [0.2, 0.25) is 0 Å². The van der Waals surface area contributed by atoms with Crippen LogP contribution in [-0.2, 0) is 6.18 Å². The van der Waals surface area contributed by atoms with Gasteiger partial charge in [-0.25, -0.2) is 0 Å². The maximum atomic E-state index is 12.9. The molecule has 1 aromatic carbocycles. The molecule has 0 aliphatic heterocycles. The molecule has 0 saturated carbocycles. The van der Waals surface area contributed by atoms with Crippen molar-refractivity contribution >= 4 is 33.4 Å². The molecular formula is C12H12BrClF3NO. The van der Waals surface area contributed by atoms with E-state index >= 15 is 0 Å². The molecule has 0 atom stereocenters. The molecular weight excluding hydrogens is 346 g/mol. The van der Waals surface area contributed by atoms with E-state index in [1.165, 1.54) is 6.07 Å². The van der Waals surface area contributed by atoms with Crippen molar-refractivity contribution in [2.24, 2.45) is 0 Å². The second-order valence-electron chi connectivity index (χ2n) is 4.66. The van der Waals surface area contributed by atoms with Gasteiger partial charge in [-0.1, -0.05) is 15.9 Å². The van der Waals surface area contributed by atoms with Crippen molar-refractivity contribution in [1.82, 2.24) is 5.32 Å². The maximum Gasteiger partial charge on any atom is 0.417 e. The fourth-order valence-corrected chi connectivity index (χ4v) is 1.78. The Hall–Kier alpha value is -0.750. The largest absolute Gasteiger partial charge is 0.417 e. The third-order valence-electron chi connectivity index (χ3n) is 2.32. The Morgan fingerprint density at radius 3 is 2.42 bits per heavy atom. The highest BCUT2D eigenvalue weighted by atomic mass is 79.9. The quantitative estimate of drug-likeness (QED) is 0.806. The van der Waals surface area contributed by atoms with Crippen molar-refractivity contribution in [3.63, 3.8) is 0 Å². The van der Waals surface area contributed by atoms with E-state index in [0.29, 0.717) is 0 Å². The molecule has 0 radical (unpaired) electrons. The van der Waals surface area contributed by atoms with E-state index in [4.69, 9.17) is 11.6 Å². The van der Waals surface area contributed by atoms with Gasteiger partial charge in [0.25, 0.3) is 5.91 Å². The molecule has 0 unspecified atom stereocenters. The second-order valence-corrected chi connectivity index (χ2v) is 5.84. The third-order valence-corrected chi connectivity index (χ3v) is 3.48. The summed E-state index contributed by atoms with van der Waals surface area (Å²) >= 11 is 8.60. The van der Waals surface area contributed by atoms with Gasteiger partial charge in [-0.15, -0.1) is 11.6 Å². The van der Waals surface area contributed by atoms with Crippen LogP contribution < -0.4 is 5.32 Å². The number of hydrogen-bond acceptors (Lipinski definition) is 1. The van der Waals surface area contributed by atoms with Crippen molar-refractivity contribution in [2.75, 3.05) is 5.88 Å². The Morgan fingerprint density at radius 1 is 1.37 bits per heavy atom. The summed E-state index contributed by atoms with van der Waals surface area (Å²) < 4.78 is 38.9. The lowest BCUT2D eigenvalue weighted by Crippen LogP contribution is -2.45. The third kappa shape index (κ3) is 4.38. The van der Waals surface area contributed by atoms with Crippen LogP contribution in [-0.4, -0.2) is 17.3 Å². The second kappa shape index (κ2) is 5.71. The minimum atomic E-state index is -4.60. The van der Waals surface area contributed by atoms with Crippen LogP contribution in [0.4, 0.5) is 13.2 Å². The highest BCUT2D eigenvalue weighted by Crippen LogP contribution is 2.34. The molecule has 1 rings (SSSR count). The first-order valence-corrected chi connectivity index (χ1v) is 6.65. The summed E-state index contributed by atoms with van der Waals surface area (Å²) in [6.45, 7) is 3.26. The molecule has 0 saturated heterocycles. The van der Waals surface area contributed by atoms with Crippen LogP contribution in [0.3, 0.4) is 0 Å². The summed E-state index contributed by atoms with van der Waals surface area (Å²) in [5.41, 5.74) is -2.19. The zero-order valence-electron chi connectivity index (χ0n) is 10.2. The van der Waals surface area contributed by atoms with Crippen LogP contribution in [0.5, 0.6) is 0 Å². The molecule has 106 valence electrons. The van der Waals surface area contributed by atoms with Gasteiger partial charge < -0.3 is 5.32 Å². The molecule has 0 aliphatic carbocycles. The topological polar surface area (TPSA) is 29.1 Å². The van der Waals surface area contributed by atoms with E-state index in [1.807, 2.05) is 0 Å². The normalized spacial score (nSPS) is 12.4. The maximum absolute atomic E-state index is 12.9. The van der Waals surface area contributed by atoms with Gasteiger partial charge in [0.15, 0.2) is 0 Å². The summed E-state index contributed by atoms with van der Waals surface area (Å²) in [6.07, 6.45) is -4.60. The fourth-order valence-electron chi connectivity index (χ4n) is 1.36. The van der Waals surface area contributed by atoms with Gasteiger partial charge in [-0.05, 0) is 32.0 Å². The van der Waals surface area contributed by atoms with Crippen molar-refractivity contribution in [1.29, 1.82) is 0 Å². The Kier molecular flexibility index (Phi) is 4.90. The molecule has 0 bridgehead atoms. The van der Waals surface area contributed by atoms with Crippen molar-refractivity contribution < 1.29 is 18.0 Å². The first-order chi connectivity index (χ1) is 8.57. The van der Waals surface area contributed by atoms with Gasteiger partial charge in [0.05, 0.1) is 11.1 Å². The molecule has 0 spiro atoms. The Bertz CT molecular complexity index is 488. The number of carbonyl (C=O) groups is 1. The Morgan fingerprint density at radius 2 is 1.95 bits per heavy atom. The summed E-state index contributed by atoms with van der Waals surface area (Å²) in [4.78, 5) is 11.9. The molecule has 2 nitrogen and oxygen atoms in total. The average molecular weight is 359 g/mol. The molecule has 1 N–H and O–H groups in total. The predicted molar refractivity (Wildman–Crippen MR) is 71.4 cm³/mol. The number of amides is 1.